The molecule has 0 atom stereocenters. The summed E-state index contributed by atoms with van der Waals surface area (Å²) in [5.41, 5.74) is 0. The fourth-order valence-electron chi connectivity index (χ4n) is 3.81. The van der Waals surface area contributed by atoms with E-state index in [0.717, 1.165) is 0 Å². The molecule has 0 N–H and O–H groups in total. The maximum Gasteiger partial charge on any atom is 3.00 e. The molecule has 0 aliphatic rings. The molecular weight excluding hydrogens is 396 g/mol. The Morgan fingerprint density at radius 2 is 0.700 bits per heavy atom. The number of allylic oxidation sites excluding steroid dienone is 1. The smallest absolute Gasteiger partial charge is 0.245 e. The van der Waals surface area contributed by atoms with Gasteiger partial charge in [-0.1, -0.05) is 72.8 Å². The first-order chi connectivity index (χ1) is 14.3. The van der Waals surface area contributed by atoms with Crippen molar-refractivity contribution in [3.8, 4) is 0 Å². The molecule has 0 heterocycles. The van der Waals surface area contributed by atoms with Crippen LogP contribution in [0.3, 0.4) is 0 Å². The number of benzene rings is 4. The van der Waals surface area contributed by atoms with Crippen molar-refractivity contribution < 1.29 is 21.7 Å². The summed E-state index contributed by atoms with van der Waals surface area (Å²) in [6, 6.07) is 38.5. The van der Waals surface area contributed by atoms with E-state index in [0.29, 0.717) is 0 Å². The van der Waals surface area contributed by atoms with Gasteiger partial charge in [-0.25, -0.2) is 19.6 Å². The summed E-state index contributed by atoms with van der Waals surface area (Å²) < 4.78 is 0. The maximum atomic E-state index is 3.25. The zero-order chi connectivity index (χ0) is 20.1. The number of hydrogen-bond acceptors (Lipinski definition) is 0. The van der Waals surface area contributed by atoms with Crippen molar-refractivity contribution in [3.05, 3.63) is 129 Å². The predicted octanol–water partition coefficient (Wildman–Crippen LogP) is 8.43. The number of rotatable bonds is 0. The van der Waals surface area contributed by atoms with E-state index in [1.165, 1.54) is 49.2 Å². The minimum atomic E-state index is 0. The summed E-state index contributed by atoms with van der Waals surface area (Å²) in [5, 5.41) is 10.8. The van der Waals surface area contributed by atoms with Gasteiger partial charge in [0.05, 0.1) is 0 Å². The molecule has 0 aromatic heterocycles. The van der Waals surface area contributed by atoms with E-state index in [1.54, 1.807) is 0 Å². The minimum absolute atomic E-state index is 0. The Labute approximate surface area is 193 Å². The van der Waals surface area contributed by atoms with Crippen LogP contribution >= 0.6 is 0 Å². The molecule has 6 rings (SSSR count). The Balaban J connectivity index is 0.000000147. The molecule has 0 saturated heterocycles. The SMILES string of the molecule is C=C[CH2-].[Ti+3].c1ccc2c(c1)[cH-]c1ccccc12.c1ccc2c(c1)[cH-]c1ccccc12. The molecule has 1 radical (unpaired) electrons. The fraction of sp³-hybridized carbons (Fsp3) is 0. The topological polar surface area (TPSA) is 0 Å². The van der Waals surface area contributed by atoms with Crippen molar-refractivity contribution in [1.29, 1.82) is 0 Å². The number of hydrogen-bond donors (Lipinski definition) is 0. The van der Waals surface area contributed by atoms with Crippen LogP contribution in [0.25, 0.3) is 43.1 Å². The summed E-state index contributed by atoms with van der Waals surface area (Å²) >= 11 is 0. The normalized spacial score (nSPS) is 10.0. The second kappa shape index (κ2) is 10.1. The van der Waals surface area contributed by atoms with Gasteiger partial charge in [0.15, 0.2) is 0 Å². The fourth-order valence-corrected chi connectivity index (χ4v) is 3.81. The van der Waals surface area contributed by atoms with E-state index in [9.17, 15) is 0 Å². The first-order valence-corrected chi connectivity index (χ1v) is 9.78. The van der Waals surface area contributed by atoms with Crippen LogP contribution in [0.15, 0.2) is 122 Å². The quantitative estimate of drug-likeness (QED) is 0.171. The van der Waals surface area contributed by atoms with Crippen LogP contribution < -0.4 is 0 Å². The van der Waals surface area contributed by atoms with E-state index in [-0.39, 0.29) is 21.7 Å². The third kappa shape index (κ3) is 4.41. The average molecular weight is 419 g/mol. The molecule has 30 heavy (non-hydrogen) atoms. The molecule has 0 saturated carbocycles. The molecule has 0 aliphatic heterocycles. The van der Waals surface area contributed by atoms with Crippen molar-refractivity contribution in [1.82, 2.24) is 0 Å². The largest absolute Gasteiger partial charge is 3.00 e. The van der Waals surface area contributed by atoms with Gasteiger partial charge in [0.1, 0.15) is 0 Å². The average Bonchev–Trinajstić information content (AvgIpc) is 3.33. The predicted molar refractivity (Wildman–Crippen MR) is 130 cm³/mol. The minimum Gasteiger partial charge on any atom is -0.245 e. The van der Waals surface area contributed by atoms with Gasteiger partial charge in [-0.15, -0.1) is 79.5 Å². The Morgan fingerprint density at radius 3 is 0.933 bits per heavy atom. The summed E-state index contributed by atoms with van der Waals surface area (Å²) in [7, 11) is 0. The van der Waals surface area contributed by atoms with Gasteiger partial charge in [0, 0.05) is 0 Å². The van der Waals surface area contributed by atoms with Gasteiger partial charge in [-0.2, -0.15) is 0 Å². The van der Waals surface area contributed by atoms with Gasteiger partial charge in [-0.05, 0) is 0 Å². The number of fused-ring (bicyclic) bond motifs is 6. The van der Waals surface area contributed by atoms with Crippen LogP contribution in [-0.4, -0.2) is 0 Å². The van der Waals surface area contributed by atoms with E-state index >= 15 is 0 Å². The third-order valence-electron chi connectivity index (χ3n) is 5.05. The molecule has 0 nitrogen and oxygen atoms in total. The summed E-state index contributed by atoms with van der Waals surface area (Å²) in [4.78, 5) is 0. The van der Waals surface area contributed by atoms with Crippen molar-refractivity contribution >= 4 is 43.1 Å². The van der Waals surface area contributed by atoms with Gasteiger partial charge in [0.25, 0.3) is 0 Å². The van der Waals surface area contributed by atoms with E-state index in [1.807, 2.05) is 0 Å². The Hall–Kier alpha value is -3.06. The van der Waals surface area contributed by atoms with Crippen LogP contribution in [0.4, 0.5) is 0 Å². The van der Waals surface area contributed by atoms with Crippen molar-refractivity contribution in [2.24, 2.45) is 0 Å². The van der Waals surface area contributed by atoms with Crippen molar-refractivity contribution in [3.63, 3.8) is 0 Å². The summed E-state index contributed by atoms with van der Waals surface area (Å²) in [5.74, 6) is 0. The molecule has 0 unspecified atom stereocenters. The monoisotopic (exact) mass is 419 g/mol. The zero-order valence-corrected chi connectivity index (χ0v) is 18.4. The summed E-state index contributed by atoms with van der Waals surface area (Å²) in [6.07, 6.45) is 1.50. The Bertz CT molecular complexity index is 1170. The first-order valence-electron chi connectivity index (χ1n) is 9.78. The molecule has 0 amide bonds. The van der Waals surface area contributed by atoms with Crippen LogP contribution in [0.1, 0.15) is 0 Å². The van der Waals surface area contributed by atoms with Crippen LogP contribution in [-0.2, 0) is 21.7 Å². The van der Waals surface area contributed by atoms with E-state index in [4.69, 9.17) is 0 Å². The molecule has 0 aliphatic carbocycles. The molecule has 6 aromatic rings. The standard InChI is InChI=1S/2C13H9.C3H5.Ti/c2*1-3-7-12-10(5-1)9-11-6-2-4-8-13(11)12;1-3-2;/h2*1-9H;3H,1-2H2;/q3*-1;+3. The first kappa shape index (κ1) is 21.6. The zero-order valence-electron chi connectivity index (χ0n) is 16.9. The molecule has 6 aromatic carbocycles. The molecule has 0 spiro atoms. The third-order valence-corrected chi connectivity index (χ3v) is 5.05. The van der Waals surface area contributed by atoms with Crippen LogP contribution in [0.5, 0.6) is 0 Å². The maximum absolute atomic E-state index is 3.25. The van der Waals surface area contributed by atoms with Crippen molar-refractivity contribution in [2.75, 3.05) is 0 Å². The Morgan fingerprint density at radius 1 is 0.500 bits per heavy atom. The van der Waals surface area contributed by atoms with Crippen molar-refractivity contribution in [2.45, 2.75) is 0 Å². The van der Waals surface area contributed by atoms with E-state index in [2.05, 4.69) is 123 Å². The second-order valence-corrected chi connectivity index (χ2v) is 6.93. The Kier molecular flexibility index (Phi) is 7.30. The molecule has 0 bridgehead atoms. The van der Waals surface area contributed by atoms with Gasteiger partial charge >= 0.3 is 21.7 Å². The van der Waals surface area contributed by atoms with Crippen LogP contribution in [0.2, 0.25) is 0 Å². The van der Waals surface area contributed by atoms with Gasteiger partial charge < -0.3 is 0 Å². The molecule has 0 fully saturated rings. The molecule has 143 valence electrons. The molecular formula is C29H23Ti. The van der Waals surface area contributed by atoms with Gasteiger partial charge in [0.2, 0.25) is 0 Å². The van der Waals surface area contributed by atoms with Gasteiger partial charge in [-0.3, -0.25) is 0 Å². The molecule has 1 heteroatoms. The summed E-state index contributed by atoms with van der Waals surface area (Å²) in [6.45, 7) is 6.50. The second-order valence-electron chi connectivity index (χ2n) is 6.93. The van der Waals surface area contributed by atoms with E-state index < -0.39 is 0 Å². The van der Waals surface area contributed by atoms with Crippen LogP contribution in [0, 0.1) is 6.92 Å².